The number of amides is 2. The lowest BCUT2D eigenvalue weighted by Gasteiger charge is -2.29. The van der Waals surface area contributed by atoms with Crippen LogP contribution >= 0.6 is 11.9 Å². The van der Waals surface area contributed by atoms with Crippen molar-refractivity contribution in [3.8, 4) is 0 Å². The van der Waals surface area contributed by atoms with Gasteiger partial charge in [0.1, 0.15) is 0 Å². The van der Waals surface area contributed by atoms with Crippen LogP contribution in [-0.4, -0.2) is 58.2 Å². The average molecular weight is 486 g/mol. The highest BCUT2D eigenvalue weighted by Gasteiger charge is 2.34. The van der Waals surface area contributed by atoms with Gasteiger partial charge in [0.2, 0.25) is 5.91 Å². The van der Waals surface area contributed by atoms with E-state index in [4.69, 9.17) is 0 Å². The Balaban J connectivity index is 1.49. The number of nitrogens with one attached hydrogen (secondary N) is 2. The summed E-state index contributed by atoms with van der Waals surface area (Å²) in [5, 5.41) is 26.7. The fourth-order valence-electron chi connectivity index (χ4n) is 4.01. The first kappa shape index (κ1) is 26.2. The van der Waals surface area contributed by atoms with Crippen molar-refractivity contribution >= 4 is 23.8 Å². The highest BCUT2D eigenvalue weighted by Crippen LogP contribution is 2.26. The van der Waals surface area contributed by atoms with Crippen LogP contribution in [0.3, 0.4) is 0 Å². The summed E-state index contributed by atoms with van der Waals surface area (Å²) in [6, 6.07) is 16.8. The number of carbonyl (C=O) groups excluding carboxylic acids is 2. The van der Waals surface area contributed by atoms with Gasteiger partial charge in [0, 0.05) is 36.6 Å². The van der Waals surface area contributed by atoms with E-state index in [1.165, 1.54) is 12.8 Å². The van der Waals surface area contributed by atoms with Crippen LogP contribution in [0.1, 0.15) is 42.6 Å². The van der Waals surface area contributed by atoms with Crippen LogP contribution in [0.4, 0.5) is 0 Å². The number of hydrogen-bond donors (Lipinski definition) is 4. The molecule has 184 valence electrons. The van der Waals surface area contributed by atoms with Crippen LogP contribution < -0.4 is 10.6 Å². The predicted molar refractivity (Wildman–Crippen MR) is 134 cm³/mol. The standard InChI is InChI=1S/C26H35N3O4S/c1-18(2)23(26(33)27-16-19-8-4-3-5-9-19)24(31)22(30)17-28-25(32)20-10-12-21(13-11-20)34-29-14-6-7-15-29/h3-5,8-13,18,22-24,30-31H,6-7,14-17H2,1-2H3,(H,27,33)(H,28,32). The largest absolute Gasteiger partial charge is 0.390 e. The molecule has 1 saturated heterocycles. The molecule has 2 aromatic rings. The van der Waals surface area contributed by atoms with E-state index in [1.54, 1.807) is 24.1 Å². The lowest BCUT2D eigenvalue weighted by molar-refractivity contribution is -0.134. The predicted octanol–water partition coefficient (Wildman–Crippen LogP) is 2.83. The molecule has 0 radical (unpaired) electrons. The molecule has 2 aromatic carbocycles. The second-order valence-corrected chi connectivity index (χ2v) is 10.2. The van der Waals surface area contributed by atoms with E-state index in [-0.39, 0.29) is 24.3 Å². The smallest absolute Gasteiger partial charge is 0.251 e. The quantitative estimate of drug-likeness (QED) is 0.365. The van der Waals surface area contributed by atoms with Gasteiger partial charge in [0.05, 0.1) is 18.1 Å². The molecule has 1 fully saturated rings. The summed E-state index contributed by atoms with van der Waals surface area (Å²) < 4.78 is 2.31. The number of nitrogens with zero attached hydrogens (tertiary/aromatic N) is 1. The van der Waals surface area contributed by atoms with Gasteiger partial charge < -0.3 is 20.8 Å². The van der Waals surface area contributed by atoms with Gasteiger partial charge in [0.25, 0.3) is 5.91 Å². The number of carbonyl (C=O) groups is 2. The van der Waals surface area contributed by atoms with Gasteiger partial charge in [-0.1, -0.05) is 44.2 Å². The average Bonchev–Trinajstić information content (AvgIpc) is 3.35. The first-order valence-corrected chi connectivity index (χ1v) is 12.6. The van der Waals surface area contributed by atoms with E-state index in [0.717, 1.165) is 23.5 Å². The summed E-state index contributed by atoms with van der Waals surface area (Å²) in [6.45, 7) is 5.99. The number of aliphatic hydroxyl groups excluding tert-OH is 2. The fourth-order valence-corrected chi connectivity index (χ4v) is 5.01. The number of rotatable bonds is 11. The maximum absolute atomic E-state index is 12.7. The zero-order chi connectivity index (χ0) is 24.5. The van der Waals surface area contributed by atoms with Gasteiger partial charge in [-0.2, -0.15) is 0 Å². The second kappa shape index (κ2) is 12.9. The van der Waals surface area contributed by atoms with E-state index >= 15 is 0 Å². The Morgan fingerprint density at radius 3 is 2.24 bits per heavy atom. The van der Waals surface area contributed by atoms with Crippen molar-refractivity contribution in [1.82, 2.24) is 14.9 Å². The van der Waals surface area contributed by atoms with Gasteiger partial charge >= 0.3 is 0 Å². The molecule has 1 aliphatic rings. The van der Waals surface area contributed by atoms with Gasteiger partial charge in [-0.15, -0.1) is 0 Å². The molecule has 2 amide bonds. The molecule has 0 aromatic heterocycles. The van der Waals surface area contributed by atoms with Crippen molar-refractivity contribution in [3.05, 3.63) is 65.7 Å². The zero-order valence-corrected chi connectivity index (χ0v) is 20.6. The highest BCUT2D eigenvalue weighted by atomic mass is 32.2. The molecule has 0 aliphatic carbocycles. The van der Waals surface area contributed by atoms with Crippen molar-refractivity contribution in [2.24, 2.45) is 11.8 Å². The Kier molecular flexibility index (Phi) is 9.95. The molecule has 0 saturated carbocycles. The Morgan fingerprint density at radius 1 is 0.971 bits per heavy atom. The molecular weight excluding hydrogens is 450 g/mol. The fraction of sp³-hybridized carbons (Fsp3) is 0.462. The minimum absolute atomic E-state index is 0.153. The molecule has 7 nitrogen and oxygen atoms in total. The van der Waals surface area contributed by atoms with Crippen molar-refractivity contribution in [2.45, 2.75) is 50.3 Å². The summed E-state index contributed by atoms with van der Waals surface area (Å²) in [7, 11) is 0. The summed E-state index contributed by atoms with van der Waals surface area (Å²) in [5.41, 5.74) is 1.43. The molecule has 0 spiro atoms. The van der Waals surface area contributed by atoms with Crippen LogP contribution in [0.25, 0.3) is 0 Å². The minimum Gasteiger partial charge on any atom is -0.390 e. The summed E-state index contributed by atoms with van der Waals surface area (Å²) >= 11 is 1.70. The number of benzene rings is 2. The maximum Gasteiger partial charge on any atom is 0.251 e. The normalized spacial score (nSPS) is 16.7. The third kappa shape index (κ3) is 7.56. The Labute approximate surface area is 206 Å². The zero-order valence-electron chi connectivity index (χ0n) is 19.8. The molecule has 1 aliphatic heterocycles. The van der Waals surface area contributed by atoms with Crippen LogP contribution in [0.2, 0.25) is 0 Å². The summed E-state index contributed by atoms with van der Waals surface area (Å²) in [5.74, 6) is -1.67. The molecular formula is C26H35N3O4S. The van der Waals surface area contributed by atoms with E-state index in [1.807, 2.05) is 56.3 Å². The lowest BCUT2D eigenvalue weighted by atomic mass is 9.86. The SMILES string of the molecule is CC(C)C(C(=O)NCc1ccccc1)C(O)C(O)CNC(=O)c1ccc(SN2CCCC2)cc1. The first-order chi connectivity index (χ1) is 16.3. The van der Waals surface area contributed by atoms with E-state index in [9.17, 15) is 19.8 Å². The molecule has 1 heterocycles. The van der Waals surface area contributed by atoms with Crippen molar-refractivity contribution in [1.29, 1.82) is 0 Å². The topological polar surface area (TPSA) is 102 Å². The molecule has 4 N–H and O–H groups in total. The molecule has 34 heavy (non-hydrogen) atoms. The Hall–Kier alpha value is -2.39. The van der Waals surface area contributed by atoms with Crippen molar-refractivity contribution in [2.75, 3.05) is 19.6 Å². The van der Waals surface area contributed by atoms with Gasteiger partial charge in [-0.3, -0.25) is 9.59 Å². The summed E-state index contributed by atoms with van der Waals surface area (Å²) in [6.07, 6.45) is -0.152. The Bertz CT molecular complexity index is 917. The molecule has 3 atom stereocenters. The van der Waals surface area contributed by atoms with E-state index < -0.39 is 18.1 Å². The van der Waals surface area contributed by atoms with Crippen LogP contribution in [0.5, 0.6) is 0 Å². The lowest BCUT2D eigenvalue weighted by Crippen LogP contribution is -2.49. The van der Waals surface area contributed by atoms with Crippen LogP contribution in [-0.2, 0) is 11.3 Å². The van der Waals surface area contributed by atoms with Crippen LogP contribution in [0.15, 0.2) is 59.5 Å². The van der Waals surface area contributed by atoms with Gasteiger partial charge in [-0.25, -0.2) is 4.31 Å². The monoisotopic (exact) mass is 485 g/mol. The van der Waals surface area contributed by atoms with Gasteiger partial charge in [-0.05, 0) is 60.5 Å². The van der Waals surface area contributed by atoms with Crippen molar-refractivity contribution < 1.29 is 19.8 Å². The van der Waals surface area contributed by atoms with E-state index in [0.29, 0.717) is 12.1 Å². The molecule has 8 heteroatoms. The van der Waals surface area contributed by atoms with Gasteiger partial charge in [0.15, 0.2) is 0 Å². The molecule has 3 unspecified atom stereocenters. The number of aliphatic hydroxyl groups is 2. The molecule has 3 rings (SSSR count). The summed E-state index contributed by atoms with van der Waals surface area (Å²) in [4.78, 5) is 26.3. The third-order valence-electron chi connectivity index (χ3n) is 5.98. The Morgan fingerprint density at radius 2 is 1.62 bits per heavy atom. The third-order valence-corrected chi connectivity index (χ3v) is 7.09. The minimum atomic E-state index is -1.31. The highest BCUT2D eigenvalue weighted by molar-refractivity contribution is 7.97. The maximum atomic E-state index is 12.7. The number of hydrogen-bond acceptors (Lipinski definition) is 6. The molecule has 0 bridgehead atoms. The van der Waals surface area contributed by atoms with Crippen LogP contribution in [0, 0.1) is 11.8 Å². The first-order valence-electron chi connectivity index (χ1n) is 11.8. The second-order valence-electron chi connectivity index (χ2n) is 8.99. The van der Waals surface area contributed by atoms with Crippen molar-refractivity contribution in [3.63, 3.8) is 0 Å². The van der Waals surface area contributed by atoms with E-state index in [2.05, 4.69) is 14.9 Å².